The van der Waals surface area contributed by atoms with Crippen molar-refractivity contribution in [3.05, 3.63) is 29.8 Å². The van der Waals surface area contributed by atoms with E-state index in [1.807, 2.05) is 23.1 Å². The maximum atomic E-state index is 12.7. The number of anilines is 1. The van der Waals surface area contributed by atoms with Crippen molar-refractivity contribution in [2.45, 2.75) is 45.4 Å². The van der Waals surface area contributed by atoms with Crippen LogP contribution >= 0.6 is 0 Å². The zero-order valence-electron chi connectivity index (χ0n) is 17.0. The Kier molecular flexibility index (Phi) is 6.00. The third-order valence-corrected chi connectivity index (χ3v) is 7.09. The van der Waals surface area contributed by atoms with E-state index in [1.165, 1.54) is 25.7 Å². The van der Waals surface area contributed by atoms with Crippen molar-refractivity contribution in [1.29, 1.82) is 0 Å². The zero-order chi connectivity index (χ0) is 19.5. The first-order valence-corrected chi connectivity index (χ1v) is 11.0. The molecule has 0 spiro atoms. The number of aryl methyl sites for hydroxylation is 1. The number of piperazine rings is 1. The Bertz CT molecular complexity index is 712. The van der Waals surface area contributed by atoms with E-state index in [0.717, 1.165) is 62.1 Å². The average molecular weight is 384 g/mol. The lowest BCUT2D eigenvalue weighted by atomic mass is 9.86. The zero-order valence-corrected chi connectivity index (χ0v) is 17.0. The molecule has 3 atom stereocenters. The number of nitrogens with zero attached hydrogens (tertiary/aromatic N) is 2. The van der Waals surface area contributed by atoms with Gasteiger partial charge in [-0.25, -0.2) is 0 Å². The van der Waals surface area contributed by atoms with Gasteiger partial charge >= 0.3 is 0 Å². The van der Waals surface area contributed by atoms with E-state index in [-0.39, 0.29) is 5.91 Å². The number of hydrogen-bond donors (Lipinski definition) is 1. The molecule has 1 N–H and O–H groups in total. The topological polar surface area (TPSA) is 52.7 Å². The molecule has 2 aliphatic carbocycles. The van der Waals surface area contributed by atoms with Gasteiger partial charge in [0.15, 0.2) is 0 Å². The summed E-state index contributed by atoms with van der Waals surface area (Å²) >= 11 is 0. The molecule has 0 aromatic heterocycles. The Labute approximate surface area is 168 Å². The highest BCUT2D eigenvalue weighted by Crippen LogP contribution is 2.49. The molecule has 1 saturated heterocycles. The molecule has 1 aromatic carbocycles. The number of fused-ring (bicyclic) bond motifs is 2. The van der Waals surface area contributed by atoms with Crippen molar-refractivity contribution in [3.63, 3.8) is 0 Å². The number of amides is 2. The maximum Gasteiger partial charge on any atom is 0.238 e. The van der Waals surface area contributed by atoms with E-state index >= 15 is 0 Å². The molecule has 0 radical (unpaired) electrons. The second-order valence-electron chi connectivity index (χ2n) is 8.85. The molecule has 28 heavy (non-hydrogen) atoms. The fourth-order valence-corrected chi connectivity index (χ4v) is 5.48. The first-order valence-electron chi connectivity index (χ1n) is 11.0. The van der Waals surface area contributed by atoms with Crippen LogP contribution < -0.4 is 5.32 Å². The van der Waals surface area contributed by atoms with Crippen LogP contribution in [0, 0.1) is 17.8 Å². The van der Waals surface area contributed by atoms with Crippen LogP contribution in [0.2, 0.25) is 0 Å². The van der Waals surface area contributed by atoms with Crippen molar-refractivity contribution in [3.8, 4) is 0 Å². The molecule has 4 rings (SSSR count). The Morgan fingerprint density at radius 2 is 1.86 bits per heavy atom. The third-order valence-electron chi connectivity index (χ3n) is 7.09. The molecule has 5 heteroatoms. The van der Waals surface area contributed by atoms with Crippen LogP contribution in [0.25, 0.3) is 0 Å². The molecule has 1 aromatic rings. The second kappa shape index (κ2) is 8.64. The van der Waals surface area contributed by atoms with Gasteiger partial charge in [-0.3, -0.25) is 14.5 Å². The minimum Gasteiger partial charge on any atom is -0.340 e. The lowest BCUT2D eigenvalue weighted by molar-refractivity contribution is -0.134. The largest absolute Gasteiger partial charge is 0.340 e. The first-order chi connectivity index (χ1) is 13.6. The smallest absolute Gasteiger partial charge is 0.238 e. The highest BCUT2D eigenvalue weighted by atomic mass is 16.2. The SMILES string of the molecule is CCc1ccccc1NC(=O)CN1CCN(C(=O)CC2CC3CCC2C3)CC1. The van der Waals surface area contributed by atoms with Crippen LogP contribution in [0.5, 0.6) is 0 Å². The Balaban J connectivity index is 1.20. The lowest BCUT2D eigenvalue weighted by Crippen LogP contribution is -2.50. The molecule has 3 aliphatic rings. The number of carbonyl (C=O) groups excluding carboxylic acids is 2. The molecule has 1 aliphatic heterocycles. The molecule has 3 unspecified atom stereocenters. The molecular weight excluding hydrogens is 350 g/mol. The Hall–Kier alpha value is -1.88. The molecule has 2 amide bonds. The van der Waals surface area contributed by atoms with Crippen molar-refractivity contribution in [1.82, 2.24) is 9.80 Å². The summed E-state index contributed by atoms with van der Waals surface area (Å²) in [4.78, 5) is 29.3. The van der Waals surface area contributed by atoms with Gasteiger partial charge in [0, 0.05) is 38.3 Å². The predicted octanol–water partition coefficient (Wildman–Crippen LogP) is 3.16. The summed E-state index contributed by atoms with van der Waals surface area (Å²) in [6.45, 7) is 5.55. The van der Waals surface area contributed by atoms with Crippen molar-refractivity contribution >= 4 is 17.5 Å². The lowest BCUT2D eigenvalue weighted by Gasteiger charge is -2.35. The third kappa shape index (κ3) is 4.40. The van der Waals surface area contributed by atoms with Gasteiger partial charge in [0.2, 0.25) is 11.8 Å². The van der Waals surface area contributed by atoms with Gasteiger partial charge in [-0.1, -0.05) is 31.5 Å². The molecule has 152 valence electrons. The fourth-order valence-electron chi connectivity index (χ4n) is 5.48. The molecule has 1 heterocycles. The van der Waals surface area contributed by atoms with Gasteiger partial charge in [-0.2, -0.15) is 0 Å². The summed E-state index contributed by atoms with van der Waals surface area (Å²) in [5.74, 6) is 2.70. The van der Waals surface area contributed by atoms with Crippen molar-refractivity contribution < 1.29 is 9.59 Å². The number of hydrogen-bond acceptors (Lipinski definition) is 3. The quantitative estimate of drug-likeness (QED) is 0.821. The number of nitrogens with one attached hydrogen (secondary N) is 1. The maximum absolute atomic E-state index is 12.7. The van der Waals surface area contributed by atoms with E-state index in [9.17, 15) is 9.59 Å². The summed E-state index contributed by atoms with van der Waals surface area (Å²) in [6.07, 6.45) is 7.01. The van der Waals surface area contributed by atoms with Gasteiger partial charge < -0.3 is 10.2 Å². The minimum absolute atomic E-state index is 0.0302. The van der Waals surface area contributed by atoms with Crippen LogP contribution in [0.3, 0.4) is 0 Å². The van der Waals surface area contributed by atoms with Crippen molar-refractivity contribution in [2.24, 2.45) is 17.8 Å². The van der Waals surface area contributed by atoms with Crippen LogP contribution in [0.4, 0.5) is 5.69 Å². The molecule has 2 saturated carbocycles. The summed E-state index contributed by atoms with van der Waals surface area (Å²) in [5, 5.41) is 3.05. The number of benzene rings is 1. The van der Waals surface area contributed by atoms with Crippen LogP contribution in [0.1, 0.15) is 44.6 Å². The minimum atomic E-state index is 0.0302. The summed E-state index contributed by atoms with van der Waals surface area (Å²) in [5.41, 5.74) is 2.07. The molecule has 2 bridgehead atoms. The van der Waals surface area contributed by atoms with E-state index in [1.54, 1.807) is 0 Å². The normalized spacial score (nSPS) is 27.2. The second-order valence-corrected chi connectivity index (χ2v) is 8.85. The average Bonchev–Trinajstić information content (AvgIpc) is 3.32. The summed E-state index contributed by atoms with van der Waals surface area (Å²) in [6, 6.07) is 7.97. The van der Waals surface area contributed by atoms with Crippen molar-refractivity contribution in [2.75, 3.05) is 38.0 Å². The van der Waals surface area contributed by atoms with Crippen LogP contribution in [0.15, 0.2) is 24.3 Å². The summed E-state index contributed by atoms with van der Waals surface area (Å²) < 4.78 is 0. The monoisotopic (exact) mass is 383 g/mol. The van der Waals surface area contributed by atoms with Gasteiger partial charge in [0.25, 0.3) is 0 Å². The predicted molar refractivity (Wildman–Crippen MR) is 111 cm³/mol. The number of para-hydroxylation sites is 1. The van der Waals surface area contributed by atoms with E-state index in [2.05, 4.69) is 23.2 Å². The van der Waals surface area contributed by atoms with E-state index in [0.29, 0.717) is 18.4 Å². The van der Waals surface area contributed by atoms with Gasteiger partial charge in [0.05, 0.1) is 6.54 Å². The number of rotatable bonds is 6. The highest BCUT2D eigenvalue weighted by Gasteiger charge is 2.40. The van der Waals surface area contributed by atoms with Gasteiger partial charge in [-0.05, 0) is 55.1 Å². The Morgan fingerprint density at radius 3 is 2.54 bits per heavy atom. The molecule has 3 fully saturated rings. The van der Waals surface area contributed by atoms with Gasteiger partial charge in [0.1, 0.15) is 0 Å². The summed E-state index contributed by atoms with van der Waals surface area (Å²) in [7, 11) is 0. The fraction of sp³-hybridized carbons (Fsp3) is 0.652. The number of carbonyl (C=O) groups is 2. The van der Waals surface area contributed by atoms with Gasteiger partial charge in [-0.15, -0.1) is 0 Å². The standard InChI is InChI=1S/C23H33N3O2/c1-2-18-5-3-4-6-21(18)24-22(27)16-25-9-11-26(12-10-25)23(28)15-20-14-17-7-8-19(20)13-17/h3-6,17,19-20H,2,7-16H2,1H3,(H,24,27). The Morgan fingerprint density at radius 1 is 1.07 bits per heavy atom. The van der Waals surface area contributed by atoms with E-state index in [4.69, 9.17) is 0 Å². The molecular formula is C23H33N3O2. The van der Waals surface area contributed by atoms with Crippen LogP contribution in [-0.2, 0) is 16.0 Å². The van der Waals surface area contributed by atoms with E-state index < -0.39 is 0 Å². The molecule has 5 nitrogen and oxygen atoms in total. The first kappa shape index (κ1) is 19.4. The van der Waals surface area contributed by atoms with Crippen LogP contribution in [-0.4, -0.2) is 54.3 Å². The highest BCUT2D eigenvalue weighted by molar-refractivity contribution is 5.93.